The summed E-state index contributed by atoms with van der Waals surface area (Å²) in [5, 5.41) is 4.46. The molecule has 0 unspecified atom stereocenters. The van der Waals surface area contributed by atoms with Gasteiger partial charge in [0.1, 0.15) is 5.75 Å². The number of methoxy groups -OCH3 is 1. The Labute approximate surface area is 135 Å². The van der Waals surface area contributed by atoms with E-state index >= 15 is 0 Å². The van der Waals surface area contributed by atoms with Crippen LogP contribution in [0.3, 0.4) is 0 Å². The van der Waals surface area contributed by atoms with Crippen molar-refractivity contribution in [2.24, 2.45) is 0 Å². The van der Waals surface area contributed by atoms with Crippen LogP contribution in [0.15, 0.2) is 60.7 Å². The third-order valence-corrected chi connectivity index (χ3v) is 3.70. The number of hydrogen-bond donors (Lipinski definition) is 0. The van der Waals surface area contributed by atoms with Gasteiger partial charge in [0, 0.05) is 17.7 Å². The van der Waals surface area contributed by atoms with Gasteiger partial charge >= 0.3 is 0 Å². The van der Waals surface area contributed by atoms with Gasteiger partial charge in [0.2, 0.25) is 0 Å². The van der Waals surface area contributed by atoms with Crippen molar-refractivity contribution < 1.29 is 9.53 Å². The molecule has 0 aliphatic rings. The van der Waals surface area contributed by atoms with E-state index in [4.69, 9.17) is 4.74 Å². The number of hydrogen-bond acceptors (Lipinski definition) is 3. The zero-order valence-electron chi connectivity index (χ0n) is 13.2. The number of rotatable bonds is 4. The fourth-order valence-corrected chi connectivity index (χ4v) is 2.49. The molecule has 3 rings (SSSR count). The molecule has 4 nitrogen and oxygen atoms in total. The third kappa shape index (κ3) is 3.31. The molecule has 2 aromatic carbocycles. The van der Waals surface area contributed by atoms with Gasteiger partial charge in [-0.05, 0) is 42.8 Å². The molecule has 23 heavy (non-hydrogen) atoms. The minimum Gasteiger partial charge on any atom is -0.497 e. The highest BCUT2D eigenvalue weighted by atomic mass is 16.5. The topological polar surface area (TPSA) is 44.1 Å². The van der Waals surface area contributed by atoms with Crippen LogP contribution < -0.4 is 4.74 Å². The fourth-order valence-electron chi connectivity index (χ4n) is 2.49. The van der Waals surface area contributed by atoms with E-state index in [1.54, 1.807) is 19.2 Å². The van der Waals surface area contributed by atoms with Gasteiger partial charge in [-0.25, -0.2) is 4.68 Å². The lowest BCUT2D eigenvalue weighted by molar-refractivity contribution is 0.0942. The first-order valence-electron chi connectivity index (χ1n) is 7.45. The zero-order valence-corrected chi connectivity index (χ0v) is 13.2. The van der Waals surface area contributed by atoms with E-state index in [1.807, 2.05) is 55.5 Å². The van der Waals surface area contributed by atoms with E-state index in [0.717, 1.165) is 22.7 Å². The summed E-state index contributed by atoms with van der Waals surface area (Å²) in [6.07, 6.45) is 0.680. The smallest absolute Gasteiger partial charge is 0.278 e. The predicted octanol–water partition coefficient (Wildman–Crippen LogP) is 3.48. The van der Waals surface area contributed by atoms with Gasteiger partial charge in [0.05, 0.1) is 12.8 Å². The highest BCUT2D eigenvalue weighted by Crippen LogP contribution is 2.15. The van der Waals surface area contributed by atoms with Crippen molar-refractivity contribution in [3.8, 4) is 5.75 Å². The second-order valence-corrected chi connectivity index (χ2v) is 5.38. The Kier molecular flexibility index (Phi) is 4.24. The molecule has 0 N–H and O–H groups in total. The molecule has 116 valence electrons. The van der Waals surface area contributed by atoms with Crippen molar-refractivity contribution in [2.75, 3.05) is 7.11 Å². The summed E-state index contributed by atoms with van der Waals surface area (Å²) in [4.78, 5) is 12.5. The first-order valence-corrected chi connectivity index (χ1v) is 7.45. The zero-order chi connectivity index (χ0) is 16.2. The second-order valence-electron chi connectivity index (χ2n) is 5.38. The quantitative estimate of drug-likeness (QED) is 0.741. The summed E-state index contributed by atoms with van der Waals surface area (Å²) in [6.45, 7) is 1.89. The van der Waals surface area contributed by atoms with E-state index in [-0.39, 0.29) is 5.91 Å². The molecule has 0 amide bonds. The summed E-state index contributed by atoms with van der Waals surface area (Å²) >= 11 is 0. The van der Waals surface area contributed by atoms with Crippen LogP contribution in [0.5, 0.6) is 5.75 Å². The van der Waals surface area contributed by atoms with Crippen molar-refractivity contribution in [3.05, 3.63) is 83.2 Å². The summed E-state index contributed by atoms with van der Waals surface area (Å²) in [6, 6.07) is 19.0. The van der Waals surface area contributed by atoms with Crippen molar-refractivity contribution in [2.45, 2.75) is 13.3 Å². The highest BCUT2D eigenvalue weighted by molar-refractivity contribution is 5.95. The summed E-state index contributed by atoms with van der Waals surface area (Å²) in [5.41, 5.74) is 3.47. The van der Waals surface area contributed by atoms with E-state index in [0.29, 0.717) is 12.0 Å². The Morgan fingerprint density at radius 1 is 1.09 bits per heavy atom. The predicted molar refractivity (Wildman–Crippen MR) is 88.9 cm³/mol. The number of aromatic nitrogens is 2. The number of nitrogens with zero attached hydrogens (tertiary/aromatic N) is 2. The monoisotopic (exact) mass is 306 g/mol. The summed E-state index contributed by atoms with van der Waals surface area (Å²) < 4.78 is 6.63. The highest BCUT2D eigenvalue weighted by Gasteiger charge is 2.13. The standard InChI is InChI=1S/C19H18N2O2/c1-14-12-17(13-15-8-10-18(23-2)11-9-15)20-21(14)19(22)16-6-4-3-5-7-16/h3-12H,13H2,1-2H3. The van der Waals surface area contributed by atoms with Crippen LogP contribution in [-0.4, -0.2) is 22.8 Å². The SMILES string of the molecule is COc1ccc(Cc2cc(C)n(C(=O)c3ccccc3)n2)cc1. The Hall–Kier alpha value is -2.88. The van der Waals surface area contributed by atoms with Crippen molar-refractivity contribution in [1.82, 2.24) is 9.78 Å². The van der Waals surface area contributed by atoms with E-state index in [9.17, 15) is 4.79 Å². The molecule has 3 aromatic rings. The summed E-state index contributed by atoms with van der Waals surface area (Å²) in [5.74, 6) is 0.721. The van der Waals surface area contributed by atoms with Gasteiger partial charge < -0.3 is 4.74 Å². The van der Waals surface area contributed by atoms with E-state index in [1.165, 1.54) is 4.68 Å². The van der Waals surface area contributed by atoms with E-state index in [2.05, 4.69) is 5.10 Å². The van der Waals surface area contributed by atoms with Gasteiger partial charge in [-0.3, -0.25) is 4.79 Å². The van der Waals surface area contributed by atoms with Crippen LogP contribution in [0.4, 0.5) is 0 Å². The molecular formula is C19H18N2O2. The van der Waals surface area contributed by atoms with Gasteiger partial charge in [0.15, 0.2) is 0 Å². The average Bonchev–Trinajstić information content (AvgIpc) is 2.96. The van der Waals surface area contributed by atoms with Gasteiger partial charge in [-0.1, -0.05) is 30.3 Å². The number of carbonyl (C=O) groups excluding carboxylic acids is 1. The van der Waals surface area contributed by atoms with Crippen LogP contribution in [0.2, 0.25) is 0 Å². The molecule has 0 aliphatic heterocycles. The molecule has 0 spiro atoms. The maximum atomic E-state index is 12.5. The molecule has 0 saturated carbocycles. The minimum atomic E-state index is -0.107. The van der Waals surface area contributed by atoms with Crippen LogP contribution in [0.1, 0.15) is 27.3 Å². The van der Waals surface area contributed by atoms with Gasteiger partial charge in [-0.2, -0.15) is 5.10 Å². The molecule has 0 saturated heterocycles. The Morgan fingerprint density at radius 3 is 2.43 bits per heavy atom. The van der Waals surface area contributed by atoms with E-state index < -0.39 is 0 Å². The van der Waals surface area contributed by atoms with Crippen molar-refractivity contribution in [3.63, 3.8) is 0 Å². The van der Waals surface area contributed by atoms with Crippen molar-refractivity contribution >= 4 is 5.91 Å². The lowest BCUT2D eigenvalue weighted by Gasteiger charge is -2.03. The number of carbonyl (C=O) groups is 1. The molecule has 0 radical (unpaired) electrons. The Morgan fingerprint density at radius 2 is 1.78 bits per heavy atom. The first kappa shape index (κ1) is 15.0. The van der Waals surface area contributed by atoms with Crippen LogP contribution in [0.25, 0.3) is 0 Å². The normalized spacial score (nSPS) is 10.5. The number of aryl methyl sites for hydroxylation is 1. The Balaban J connectivity index is 1.81. The van der Waals surface area contributed by atoms with Crippen LogP contribution >= 0.6 is 0 Å². The van der Waals surface area contributed by atoms with Crippen LogP contribution in [-0.2, 0) is 6.42 Å². The fraction of sp³-hybridized carbons (Fsp3) is 0.158. The minimum absolute atomic E-state index is 0.107. The second kappa shape index (κ2) is 6.48. The average molecular weight is 306 g/mol. The maximum absolute atomic E-state index is 12.5. The van der Waals surface area contributed by atoms with Crippen molar-refractivity contribution in [1.29, 1.82) is 0 Å². The molecule has 1 aromatic heterocycles. The third-order valence-electron chi connectivity index (χ3n) is 3.70. The van der Waals surface area contributed by atoms with Gasteiger partial charge in [0.25, 0.3) is 5.91 Å². The molecular weight excluding hydrogens is 288 g/mol. The number of benzene rings is 2. The molecule has 1 heterocycles. The molecule has 0 atom stereocenters. The molecule has 4 heteroatoms. The lowest BCUT2D eigenvalue weighted by Crippen LogP contribution is -2.15. The van der Waals surface area contributed by atoms with Crippen LogP contribution in [0, 0.1) is 6.92 Å². The summed E-state index contributed by atoms with van der Waals surface area (Å²) in [7, 11) is 1.65. The van der Waals surface area contributed by atoms with Gasteiger partial charge in [-0.15, -0.1) is 0 Å². The lowest BCUT2D eigenvalue weighted by atomic mass is 10.1. The Bertz CT molecular complexity index is 805. The number of ether oxygens (including phenoxy) is 1. The maximum Gasteiger partial charge on any atom is 0.278 e. The molecule has 0 bridgehead atoms. The molecule has 0 aliphatic carbocycles. The largest absolute Gasteiger partial charge is 0.497 e. The first-order chi connectivity index (χ1) is 11.2. The molecule has 0 fully saturated rings.